The fourth-order valence-electron chi connectivity index (χ4n) is 4.04. The van der Waals surface area contributed by atoms with Crippen LogP contribution in [0.25, 0.3) is 17.2 Å². The topological polar surface area (TPSA) is 80.8 Å². The molecule has 5 heterocycles. The van der Waals surface area contributed by atoms with Gasteiger partial charge in [0.25, 0.3) is 0 Å². The molecule has 0 saturated carbocycles. The van der Waals surface area contributed by atoms with E-state index in [9.17, 15) is 13.2 Å². The molecule has 3 atom stereocenters. The summed E-state index contributed by atoms with van der Waals surface area (Å²) in [5.74, 6) is 0.931. The van der Waals surface area contributed by atoms with Gasteiger partial charge in [-0.15, -0.1) is 0 Å². The highest BCUT2D eigenvalue weighted by atomic mass is 19.4. The van der Waals surface area contributed by atoms with Crippen LogP contribution < -0.4 is 4.90 Å². The Morgan fingerprint density at radius 1 is 1.12 bits per heavy atom. The standard InChI is InChI=1S/C21H20F3N7O/c1-12-10-30(13(2)19(32-12)14-4-3-6-25-14)17-5-7-26-20(29-17)15-8-28-18-9-27-16(11-31(15)18)21(22,23)24/h4-9,11-13,19H,3,10H2,1-2H3. The number of allylic oxidation sites excluding steroid dienone is 1. The molecule has 3 unspecified atom stereocenters. The second-order valence-corrected chi connectivity index (χ2v) is 7.82. The number of ether oxygens (including phenoxy) is 1. The zero-order valence-electron chi connectivity index (χ0n) is 17.4. The molecule has 2 aliphatic heterocycles. The normalized spacial score (nSPS) is 23.7. The molecule has 0 radical (unpaired) electrons. The molecule has 166 valence electrons. The summed E-state index contributed by atoms with van der Waals surface area (Å²) in [7, 11) is 0. The van der Waals surface area contributed by atoms with Crippen molar-refractivity contribution in [3.8, 4) is 11.5 Å². The minimum absolute atomic E-state index is 0.0429. The van der Waals surface area contributed by atoms with Crippen LogP contribution in [0.4, 0.5) is 19.0 Å². The van der Waals surface area contributed by atoms with Crippen molar-refractivity contribution >= 4 is 17.7 Å². The van der Waals surface area contributed by atoms with E-state index in [1.54, 1.807) is 12.3 Å². The summed E-state index contributed by atoms with van der Waals surface area (Å²) < 4.78 is 46.9. The SMILES string of the molecule is CC1CN(c2ccnc(-c3cnc4cnc(C(F)(F)F)cn34)n2)C(C)C(C2=CCC=N2)O1. The largest absolute Gasteiger partial charge is 0.434 e. The number of aliphatic imine (C=N–C) groups is 1. The van der Waals surface area contributed by atoms with E-state index < -0.39 is 11.9 Å². The lowest BCUT2D eigenvalue weighted by Crippen LogP contribution is -2.53. The average Bonchev–Trinajstić information content (AvgIpc) is 3.44. The predicted octanol–water partition coefficient (Wildman–Crippen LogP) is 3.55. The molecule has 11 heteroatoms. The molecule has 2 aliphatic rings. The fraction of sp³-hybridized carbons (Fsp3) is 0.381. The fourth-order valence-corrected chi connectivity index (χ4v) is 4.04. The first-order chi connectivity index (χ1) is 15.3. The van der Waals surface area contributed by atoms with Crippen LogP contribution in [0.1, 0.15) is 26.0 Å². The highest BCUT2D eigenvalue weighted by Gasteiger charge is 2.36. The number of hydrogen-bond donors (Lipinski definition) is 0. The van der Waals surface area contributed by atoms with Gasteiger partial charge >= 0.3 is 6.18 Å². The van der Waals surface area contributed by atoms with Crippen molar-refractivity contribution < 1.29 is 17.9 Å². The maximum Gasteiger partial charge on any atom is 0.434 e. The van der Waals surface area contributed by atoms with E-state index in [1.165, 1.54) is 10.6 Å². The Bertz CT molecular complexity index is 1220. The van der Waals surface area contributed by atoms with Crippen LogP contribution in [0, 0.1) is 0 Å². The lowest BCUT2D eigenvalue weighted by Gasteiger charge is -2.43. The second-order valence-electron chi connectivity index (χ2n) is 7.82. The second kappa shape index (κ2) is 7.66. The Morgan fingerprint density at radius 3 is 2.72 bits per heavy atom. The molecule has 32 heavy (non-hydrogen) atoms. The van der Waals surface area contributed by atoms with Gasteiger partial charge in [0, 0.05) is 31.6 Å². The zero-order valence-corrected chi connectivity index (χ0v) is 17.4. The van der Waals surface area contributed by atoms with Gasteiger partial charge in [-0.25, -0.2) is 19.9 Å². The van der Waals surface area contributed by atoms with Crippen molar-refractivity contribution in [3.63, 3.8) is 0 Å². The number of fused-ring (bicyclic) bond motifs is 1. The Hall–Kier alpha value is -3.34. The molecule has 1 fully saturated rings. The van der Waals surface area contributed by atoms with Gasteiger partial charge in [0.2, 0.25) is 0 Å². The monoisotopic (exact) mass is 443 g/mol. The van der Waals surface area contributed by atoms with E-state index in [2.05, 4.69) is 29.8 Å². The number of nitrogens with zero attached hydrogens (tertiary/aromatic N) is 7. The summed E-state index contributed by atoms with van der Waals surface area (Å²) in [4.78, 5) is 23.1. The van der Waals surface area contributed by atoms with E-state index >= 15 is 0 Å². The van der Waals surface area contributed by atoms with E-state index in [0.717, 1.165) is 24.5 Å². The molecule has 1 saturated heterocycles. The first-order valence-electron chi connectivity index (χ1n) is 10.2. The molecule has 3 aromatic heterocycles. The lowest BCUT2D eigenvalue weighted by atomic mass is 10.0. The van der Waals surface area contributed by atoms with Crippen molar-refractivity contribution in [1.82, 2.24) is 24.3 Å². The third-order valence-corrected chi connectivity index (χ3v) is 5.58. The van der Waals surface area contributed by atoms with Crippen molar-refractivity contribution in [2.24, 2.45) is 4.99 Å². The minimum atomic E-state index is -4.57. The van der Waals surface area contributed by atoms with Crippen molar-refractivity contribution in [2.75, 3.05) is 11.4 Å². The first kappa shape index (κ1) is 20.6. The summed E-state index contributed by atoms with van der Waals surface area (Å²) in [6, 6.07) is 1.74. The van der Waals surface area contributed by atoms with E-state index in [-0.39, 0.29) is 29.7 Å². The number of anilines is 1. The summed E-state index contributed by atoms with van der Waals surface area (Å²) >= 11 is 0. The van der Waals surface area contributed by atoms with E-state index in [4.69, 9.17) is 4.74 Å². The van der Waals surface area contributed by atoms with Gasteiger partial charge in [-0.1, -0.05) is 6.08 Å². The van der Waals surface area contributed by atoms with Crippen molar-refractivity contribution in [2.45, 2.75) is 44.7 Å². The molecule has 0 spiro atoms. The number of imidazole rings is 1. The molecule has 0 aliphatic carbocycles. The Balaban J connectivity index is 1.52. The van der Waals surface area contributed by atoms with E-state index in [1.807, 2.05) is 26.1 Å². The Kier molecular flexibility index (Phi) is 4.92. The molecule has 8 nitrogen and oxygen atoms in total. The van der Waals surface area contributed by atoms with Crippen LogP contribution in [0.3, 0.4) is 0 Å². The number of halogens is 3. The van der Waals surface area contributed by atoms with Crippen molar-refractivity contribution in [1.29, 1.82) is 0 Å². The molecule has 0 amide bonds. The number of hydrogen-bond acceptors (Lipinski definition) is 7. The van der Waals surface area contributed by atoms with Gasteiger partial charge in [0.15, 0.2) is 17.2 Å². The predicted molar refractivity (Wildman–Crippen MR) is 111 cm³/mol. The molecular formula is C21H20F3N7O. The summed E-state index contributed by atoms with van der Waals surface area (Å²) in [6.07, 6.45) is 4.91. The quantitative estimate of drug-likeness (QED) is 0.616. The number of morpholine rings is 1. The molecule has 0 aromatic carbocycles. The summed E-state index contributed by atoms with van der Waals surface area (Å²) in [6.45, 7) is 4.65. The minimum Gasteiger partial charge on any atom is -0.365 e. The first-order valence-corrected chi connectivity index (χ1v) is 10.2. The van der Waals surface area contributed by atoms with Crippen LogP contribution in [0.5, 0.6) is 0 Å². The van der Waals surface area contributed by atoms with Crippen LogP contribution >= 0.6 is 0 Å². The maximum absolute atomic E-state index is 13.1. The van der Waals surface area contributed by atoms with Gasteiger partial charge in [0.1, 0.15) is 17.6 Å². The van der Waals surface area contributed by atoms with Gasteiger partial charge in [0.05, 0.1) is 30.2 Å². The average molecular weight is 443 g/mol. The highest BCUT2D eigenvalue weighted by molar-refractivity contribution is 5.65. The third-order valence-electron chi connectivity index (χ3n) is 5.58. The van der Waals surface area contributed by atoms with Gasteiger partial charge in [-0.05, 0) is 19.9 Å². The zero-order chi connectivity index (χ0) is 22.5. The lowest BCUT2D eigenvalue weighted by molar-refractivity contribution is -0.141. The molecule has 5 rings (SSSR count). The van der Waals surface area contributed by atoms with Gasteiger partial charge < -0.3 is 9.64 Å². The number of rotatable bonds is 3. The molecule has 0 bridgehead atoms. The molecular weight excluding hydrogens is 423 g/mol. The van der Waals surface area contributed by atoms with Crippen LogP contribution in [0.15, 0.2) is 47.6 Å². The molecule has 0 N–H and O–H groups in total. The van der Waals surface area contributed by atoms with Crippen LogP contribution in [-0.2, 0) is 10.9 Å². The van der Waals surface area contributed by atoms with Crippen molar-refractivity contribution in [3.05, 3.63) is 48.3 Å². The highest BCUT2D eigenvalue weighted by Crippen LogP contribution is 2.31. The Morgan fingerprint density at radius 2 is 1.97 bits per heavy atom. The molecule has 3 aromatic rings. The maximum atomic E-state index is 13.1. The third kappa shape index (κ3) is 3.62. The van der Waals surface area contributed by atoms with Crippen LogP contribution in [-0.4, -0.2) is 55.3 Å². The van der Waals surface area contributed by atoms with Gasteiger partial charge in [-0.2, -0.15) is 13.2 Å². The van der Waals surface area contributed by atoms with E-state index in [0.29, 0.717) is 18.1 Å². The summed E-state index contributed by atoms with van der Waals surface area (Å²) in [5.41, 5.74) is 0.520. The smallest absolute Gasteiger partial charge is 0.365 e. The number of aromatic nitrogens is 5. The summed E-state index contributed by atoms with van der Waals surface area (Å²) in [5, 5.41) is 0. The van der Waals surface area contributed by atoms with Gasteiger partial charge in [-0.3, -0.25) is 9.39 Å². The Labute approximate surface area is 181 Å². The number of alkyl halides is 3. The van der Waals surface area contributed by atoms with Crippen LogP contribution in [0.2, 0.25) is 0 Å².